The number of rotatable bonds is 4. The number of nitriles is 1. The van der Waals surface area contributed by atoms with Crippen LogP contribution in [0, 0.1) is 16.7 Å². The third kappa shape index (κ3) is 2.06. The van der Waals surface area contributed by atoms with E-state index in [0.717, 1.165) is 24.8 Å². The molecule has 90 valence electrons. The highest BCUT2D eigenvalue weighted by atomic mass is 16.3. The van der Waals surface area contributed by atoms with Crippen molar-refractivity contribution in [1.29, 1.82) is 5.26 Å². The molecule has 0 aromatic heterocycles. The Labute approximate surface area is 102 Å². The molecule has 1 saturated carbocycles. The van der Waals surface area contributed by atoms with E-state index in [-0.39, 0.29) is 17.9 Å². The van der Waals surface area contributed by atoms with E-state index in [1.54, 1.807) is 6.07 Å². The SMILES string of the molecule is N#Cc1cccc([C@H](CN)C2(CO)CCC2)c1. The first-order valence-electron chi connectivity index (χ1n) is 6.07. The third-order valence-electron chi connectivity index (χ3n) is 4.06. The summed E-state index contributed by atoms with van der Waals surface area (Å²) in [4.78, 5) is 0. The maximum atomic E-state index is 9.61. The van der Waals surface area contributed by atoms with Gasteiger partial charge in [-0.05, 0) is 37.1 Å². The lowest BCUT2D eigenvalue weighted by Gasteiger charge is -2.46. The van der Waals surface area contributed by atoms with Gasteiger partial charge in [0.25, 0.3) is 0 Å². The lowest BCUT2D eigenvalue weighted by Crippen LogP contribution is -2.42. The van der Waals surface area contributed by atoms with Gasteiger partial charge in [0.05, 0.1) is 11.6 Å². The van der Waals surface area contributed by atoms with Gasteiger partial charge in [-0.25, -0.2) is 0 Å². The second-order valence-corrected chi connectivity index (χ2v) is 4.90. The van der Waals surface area contributed by atoms with Gasteiger partial charge in [0.2, 0.25) is 0 Å². The molecule has 3 heteroatoms. The average molecular weight is 230 g/mol. The van der Waals surface area contributed by atoms with Gasteiger partial charge in [-0.15, -0.1) is 0 Å². The molecule has 1 aromatic rings. The van der Waals surface area contributed by atoms with Gasteiger partial charge in [0.1, 0.15) is 0 Å². The van der Waals surface area contributed by atoms with E-state index in [9.17, 15) is 5.11 Å². The normalized spacial score (nSPS) is 19.1. The monoisotopic (exact) mass is 230 g/mol. The summed E-state index contributed by atoms with van der Waals surface area (Å²) in [6.07, 6.45) is 3.22. The molecule has 1 fully saturated rings. The van der Waals surface area contributed by atoms with Gasteiger partial charge in [0, 0.05) is 17.9 Å². The molecule has 0 unspecified atom stereocenters. The average Bonchev–Trinajstić information content (AvgIpc) is 2.33. The first-order chi connectivity index (χ1) is 8.25. The summed E-state index contributed by atoms with van der Waals surface area (Å²) >= 11 is 0. The zero-order valence-electron chi connectivity index (χ0n) is 9.89. The van der Waals surface area contributed by atoms with Gasteiger partial charge in [0.15, 0.2) is 0 Å². The summed E-state index contributed by atoms with van der Waals surface area (Å²) in [5.74, 6) is 0.162. The molecule has 0 spiro atoms. The fourth-order valence-corrected chi connectivity index (χ4v) is 2.81. The Hall–Kier alpha value is -1.37. The topological polar surface area (TPSA) is 70.0 Å². The molecule has 2 rings (SSSR count). The van der Waals surface area contributed by atoms with Crippen LogP contribution in [0.1, 0.15) is 36.3 Å². The summed E-state index contributed by atoms with van der Waals surface area (Å²) in [6.45, 7) is 0.709. The molecule has 1 aromatic carbocycles. The Morgan fingerprint density at radius 1 is 1.47 bits per heavy atom. The molecule has 0 bridgehead atoms. The smallest absolute Gasteiger partial charge is 0.0991 e. The predicted molar refractivity (Wildman–Crippen MR) is 66.3 cm³/mol. The standard InChI is InChI=1S/C14H18N2O/c15-8-11-3-1-4-12(7-11)13(9-16)14(10-17)5-2-6-14/h1,3-4,7,13,17H,2,5-6,9-10,16H2/t13-/m0/s1. The van der Waals surface area contributed by atoms with Crippen LogP contribution in [0.3, 0.4) is 0 Å². The van der Waals surface area contributed by atoms with Crippen molar-refractivity contribution in [2.24, 2.45) is 11.1 Å². The van der Waals surface area contributed by atoms with Crippen molar-refractivity contribution < 1.29 is 5.11 Å². The van der Waals surface area contributed by atoms with Crippen molar-refractivity contribution >= 4 is 0 Å². The van der Waals surface area contributed by atoms with Crippen molar-refractivity contribution in [1.82, 2.24) is 0 Å². The molecule has 0 aliphatic heterocycles. The molecular formula is C14H18N2O. The van der Waals surface area contributed by atoms with E-state index in [2.05, 4.69) is 6.07 Å². The molecule has 1 aliphatic rings. The minimum atomic E-state index is -0.0527. The van der Waals surface area contributed by atoms with E-state index >= 15 is 0 Å². The number of benzene rings is 1. The number of hydrogen-bond acceptors (Lipinski definition) is 3. The van der Waals surface area contributed by atoms with E-state index in [0.29, 0.717) is 12.1 Å². The molecule has 0 radical (unpaired) electrons. The first kappa shape index (κ1) is 12.1. The van der Waals surface area contributed by atoms with E-state index in [1.807, 2.05) is 18.2 Å². The Balaban J connectivity index is 2.32. The first-order valence-corrected chi connectivity index (χ1v) is 6.07. The van der Waals surface area contributed by atoms with Crippen molar-refractivity contribution in [3.05, 3.63) is 35.4 Å². The fraction of sp³-hybridized carbons (Fsp3) is 0.500. The number of hydrogen-bond donors (Lipinski definition) is 2. The Kier molecular flexibility index (Phi) is 3.46. The lowest BCUT2D eigenvalue weighted by atomic mass is 9.59. The fourth-order valence-electron chi connectivity index (χ4n) is 2.81. The maximum absolute atomic E-state index is 9.61. The molecule has 0 amide bonds. The second-order valence-electron chi connectivity index (χ2n) is 4.90. The van der Waals surface area contributed by atoms with Crippen molar-refractivity contribution in [3.63, 3.8) is 0 Å². The van der Waals surface area contributed by atoms with Crippen molar-refractivity contribution in [3.8, 4) is 6.07 Å². The highest BCUT2D eigenvalue weighted by Gasteiger charge is 2.43. The predicted octanol–water partition coefficient (Wildman–Crippen LogP) is 1.76. The van der Waals surface area contributed by atoms with Gasteiger partial charge in [-0.2, -0.15) is 5.26 Å². The van der Waals surface area contributed by atoms with E-state index < -0.39 is 0 Å². The van der Waals surface area contributed by atoms with Crippen LogP contribution in [-0.2, 0) is 0 Å². The van der Waals surface area contributed by atoms with Crippen LogP contribution in [-0.4, -0.2) is 18.3 Å². The molecular weight excluding hydrogens is 212 g/mol. The van der Waals surface area contributed by atoms with Gasteiger partial charge in [-0.1, -0.05) is 18.6 Å². The molecule has 3 nitrogen and oxygen atoms in total. The molecule has 17 heavy (non-hydrogen) atoms. The lowest BCUT2D eigenvalue weighted by molar-refractivity contribution is 0.0192. The van der Waals surface area contributed by atoms with Crippen LogP contribution in [0.4, 0.5) is 0 Å². The second kappa shape index (κ2) is 4.87. The van der Waals surface area contributed by atoms with Crippen LogP contribution >= 0.6 is 0 Å². The number of aliphatic hydroxyl groups excluding tert-OH is 1. The Morgan fingerprint density at radius 2 is 2.24 bits per heavy atom. The largest absolute Gasteiger partial charge is 0.396 e. The summed E-state index contributed by atoms with van der Waals surface area (Å²) < 4.78 is 0. The van der Waals surface area contributed by atoms with Gasteiger partial charge in [-0.3, -0.25) is 0 Å². The van der Waals surface area contributed by atoms with Gasteiger partial charge >= 0.3 is 0 Å². The minimum Gasteiger partial charge on any atom is -0.396 e. The maximum Gasteiger partial charge on any atom is 0.0991 e. The van der Waals surface area contributed by atoms with Crippen molar-refractivity contribution in [2.45, 2.75) is 25.2 Å². The van der Waals surface area contributed by atoms with Crippen LogP contribution in [0.5, 0.6) is 0 Å². The molecule has 1 atom stereocenters. The number of aliphatic hydroxyl groups is 1. The highest BCUT2D eigenvalue weighted by Crippen LogP contribution is 2.50. The van der Waals surface area contributed by atoms with Crippen LogP contribution in [0.15, 0.2) is 24.3 Å². The quantitative estimate of drug-likeness (QED) is 0.828. The Bertz CT molecular complexity index is 427. The highest BCUT2D eigenvalue weighted by molar-refractivity contribution is 5.35. The van der Waals surface area contributed by atoms with E-state index in [4.69, 9.17) is 11.0 Å². The number of nitrogens with two attached hydrogens (primary N) is 1. The summed E-state index contributed by atoms with van der Waals surface area (Å²) in [5, 5.41) is 18.5. The summed E-state index contributed by atoms with van der Waals surface area (Å²) in [5.41, 5.74) is 7.56. The van der Waals surface area contributed by atoms with Gasteiger partial charge < -0.3 is 10.8 Å². The summed E-state index contributed by atoms with van der Waals surface area (Å²) in [7, 11) is 0. The van der Waals surface area contributed by atoms with Crippen LogP contribution < -0.4 is 5.73 Å². The molecule has 3 N–H and O–H groups in total. The molecule has 1 aliphatic carbocycles. The van der Waals surface area contributed by atoms with Crippen LogP contribution in [0.25, 0.3) is 0 Å². The summed E-state index contributed by atoms with van der Waals surface area (Å²) in [6, 6.07) is 9.74. The van der Waals surface area contributed by atoms with Crippen LogP contribution in [0.2, 0.25) is 0 Å². The Morgan fingerprint density at radius 3 is 2.71 bits per heavy atom. The van der Waals surface area contributed by atoms with E-state index in [1.165, 1.54) is 0 Å². The minimum absolute atomic E-state index is 0.0527. The number of nitrogens with zero attached hydrogens (tertiary/aromatic N) is 1. The zero-order chi connectivity index (χ0) is 12.3. The molecule has 0 heterocycles. The zero-order valence-corrected chi connectivity index (χ0v) is 9.89. The van der Waals surface area contributed by atoms with Crippen molar-refractivity contribution in [2.75, 3.05) is 13.2 Å². The third-order valence-corrected chi connectivity index (χ3v) is 4.06. The molecule has 0 saturated heterocycles.